The second-order valence-electron chi connectivity index (χ2n) is 6.66. The summed E-state index contributed by atoms with van der Waals surface area (Å²) >= 11 is 0. The Kier molecular flexibility index (Phi) is 4.29. The van der Waals surface area contributed by atoms with Gasteiger partial charge in [0, 0.05) is 22.9 Å². The topological polar surface area (TPSA) is 48.0 Å². The quantitative estimate of drug-likeness (QED) is 0.467. The molecule has 0 bridgehead atoms. The van der Waals surface area contributed by atoms with Gasteiger partial charge in [0.05, 0.1) is 16.6 Å². The monoisotopic (exact) mass is 404 g/mol. The van der Waals surface area contributed by atoms with Crippen molar-refractivity contribution in [3.63, 3.8) is 0 Å². The summed E-state index contributed by atoms with van der Waals surface area (Å²) in [7, 11) is 0. The van der Waals surface area contributed by atoms with Crippen LogP contribution >= 0.6 is 0 Å². The van der Waals surface area contributed by atoms with Gasteiger partial charge in [0.2, 0.25) is 5.91 Å². The summed E-state index contributed by atoms with van der Waals surface area (Å²) in [6.45, 7) is -0.160. The maximum Gasteiger partial charge on any atom is 0.416 e. The lowest BCUT2D eigenvalue weighted by Gasteiger charge is -2.12. The number of nitrogens with zero attached hydrogens (tertiary/aromatic N) is 1. The summed E-state index contributed by atoms with van der Waals surface area (Å²) in [5, 5.41) is 0.977. The number of primary amides is 1. The summed E-state index contributed by atoms with van der Waals surface area (Å²) < 4.78 is 68.4. The molecule has 0 aliphatic carbocycles. The Labute approximate surface area is 161 Å². The molecule has 3 nitrogen and oxygen atoms in total. The first-order chi connectivity index (χ1) is 13.6. The SMILES string of the molecule is NC(=O)c1cccc2c1c1ccc(F)cc1n2Cc1cc(F)cc(C(F)(F)F)c1. The van der Waals surface area contributed by atoms with Gasteiger partial charge in [-0.2, -0.15) is 13.2 Å². The second-order valence-corrected chi connectivity index (χ2v) is 6.66. The fourth-order valence-electron chi connectivity index (χ4n) is 3.58. The Balaban J connectivity index is 1.99. The van der Waals surface area contributed by atoms with Crippen LogP contribution in [0.3, 0.4) is 0 Å². The molecule has 0 spiro atoms. The van der Waals surface area contributed by atoms with Gasteiger partial charge in [0.1, 0.15) is 11.6 Å². The standard InChI is InChI=1S/C21H13F5N2O/c22-13-4-5-15-18(9-13)28(17-3-1-2-16(19(15)17)20(27)29)10-11-6-12(21(24,25)26)8-14(23)7-11/h1-9H,10H2,(H2,27,29). The normalized spacial score (nSPS) is 12.0. The highest BCUT2D eigenvalue weighted by Crippen LogP contribution is 2.34. The zero-order valence-electron chi connectivity index (χ0n) is 14.7. The van der Waals surface area contributed by atoms with Crippen LogP contribution in [-0.4, -0.2) is 10.5 Å². The van der Waals surface area contributed by atoms with E-state index in [9.17, 15) is 26.7 Å². The van der Waals surface area contributed by atoms with E-state index in [1.165, 1.54) is 28.8 Å². The summed E-state index contributed by atoms with van der Waals surface area (Å²) in [4.78, 5) is 11.9. The first-order valence-electron chi connectivity index (χ1n) is 8.52. The molecule has 0 aliphatic rings. The molecule has 4 rings (SSSR count). The number of rotatable bonds is 3. The third-order valence-corrected chi connectivity index (χ3v) is 4.74. The molecule has 1 heterocycles. The lowest BCUT2D eigenvalue weighted by Crippen LogP contribution is -2.11. The van der Waals surface area contributed by atoms with Gasteiger partial charge in [-0.25, -0.2) is 8.78 Å². The number of carbonyl (C=O) groups is 1. The maximum absolute atomic E-state index is 13.9. The molecule has 1 aromatic heterocycles. The Morgan fingerprint density at radius 2 is 1.69 bits per heavy atom. The van der Waals surface area contributed by atoms with Gasteiger partial charge in [-0.15, -0.1) is 0 Å². The van der Waals surface area contributed by atoms with Gasteiger partial charge < -0.3 is 10.3 Å². The number of halogens is 5. The number of fused-ring (bicyclic) bond motifs is 3. The van der Waals surface area contributed by atoms with Crippen molar-refractivity contribution in [3.05, 3.63) is 82.9 Å². The van der Waals surface area contributed by atoms with Crippen LogP contribution in [0.15, 0.2) is 54.6 Å². The van der Waals surface area contributed by atoms with Crippen molar-refractivity contribution < 1.29 is 26.7 Å². The van der Waals surface area contributed by atoms with Crippen LogP contribution in [0.1, 0.15) is 21.5 Å². The fourth-order valence-corrected chi connectivity index (χ4v) is 3.58. The number of nitrogens with two attached hydrogens (primary N) is 1. The van der Waals surface area contributed by atoms with Crippen molar-refractivity contribution in [2.45, 2.75) is 12.7 Å². The van der Waals surface area contributed by atoms with E-state index in [4.69, 9.17) is 5.73 Å². The molecule has 29 heavy (non-hydrogen) atoms. The Bertz CT molecular complexity index is 1270. The molecule has 0 saturated heterocycles. The van der Waals surface area contributed by atoms with E-state index in [0.29, 0.717) is 27.9 Å². The maximum atomic E-state index is 13.9. The lowest BCUT2D eigenvalue weighted by atomic mass is 10.1. The smallest absolute Gasteiger partial charge is 0.366 e. The van der Waals surface area contributed by atoms with E-state index in [0.717, 1.165) is 12.1 Å². The molecular formula is C21H13F5N2O. The van der Waals surface area contributed by atoms with Crippen LogP contribution < -0.4 is 5.73 Å². The van der Waals surface area contributed by atoms with Crippen molar-refractivity contribution in [2.75, 3.05) is 0 Å². The zero-order valence-corrected chi connectivity index (χ0v) is 14.7. The van der Waals surface area contributed by atoms with Crippen molar-refractivity contribution >= 4 is 27.7 Å². The van der Waals surface area contributed by atoms with Crippen LogP contribution in [0.25, 0.3) is 21.8 Å². The zero-order chi connectivity index (χ0) is 20.9. The van der Waals surface area contributed by atoms with Crippen LogP contribution in [0.5, 0.6) is 0 Å². The Hall–Kier alpha value is -3.42. The highest BCUT2D eigenvalue weighted by atomic mass is 19.4. The molecule has 3 aromatic carbocycles. The molecule has 8 heteroatoms. The fraction of sp³-hybridized carbons (Fsp3) is 0.0952. The first-order valence-corrected chi connectivity index (χ1v) is 8.52. The summed E-state index contributed by atoms with van der Waals surface area (Å²) in [5.74, 6) is -2.28. The molecule has 2 N–H and O–H groups in total. The van der Waals surface area contributed by atoms with E-state index in [2.05, 4.69) is 0 Å². The minimum absolute atomic E-state index is 0.0462. The van der Waals surface area contributed by atoms with E-state index < -0.39 is 29.3 Å². The average Bonchev–Trinajstić information content (AvgIpc) is 2.93. The first kappa shape index (κ1) is 18.9. The molecule has 148 valence electrons. The number of carbonyl (C=O) groups excluding carboxylic acids is 1. The number of hydrogen-bond donors (Lipinski definition) is 1. The minimum Gasteiger partial charge on any atom is -0.366 e. The average molecular weight is 404 g/mol. The van der Waals surface area contributed by atoms with Crippen molar-refractivity contribution in [2.24, 2.45) is 5.73 Å². The number of benzene rings is 3. The molecule has 4 aromatic rings. The van der Waals surface area contributed by atoms with E-state index in [1.54, 1.807) is 12.1 Å². The predicted octanol–water partition coefficient (Wildman–Crippen LogP) is 5.24. The summed E-state index contributed by atoms with van der Waals surface area (Å²) in [6, 6.07) is 10.9. The highest BCUT2D eigenvalue weighted by Gasteiger charge is 2.31. The third kappa shape index (κ3) is 3.30. The van der Waals surface area contributed by atoms with Crippen molar-refractivity contribution in [3.8, 4) is 0 Å². The van der Waals surface area contributed by atoms with Crippen molar-refractivity contribution in [1.82, 2.24) is 4.57 Å². The Morgan fingerprint density at radius 1 is 0.931 bits per heavy atom. The molecular weight excluding hydrogens is 391 g/mol. The number of amides is 1. The molecule has 0 aliphatic heterocycles. The van der Waals surface area contributed by atoms with Crippen LogP contribution in [0.2, 0.25) is 0 Å². The molecule has 0 unspecified atom stereocenters. The number of hydrogen-bond acceptors (Lipinski definition) is 1. The molecule has 0 atom stereocenters. The van der Waals surface area contributed by atoms with Gasteiger partial charge >= 0.3 is 6.18 Å². The molecule has 0 radical (unpaired) electrons. The van der Waals surface area contributed by atoms with E-state index in [1.807, 2.05) is 0 Å². The van der Waals surface area contributed by atoms with E-state index in [-0.39, 0.29) is 17.7 Å². The molecule has 0 fully saturated rings. The number of aromatic nitrogens is 1. The molecule has 0 saturated carbocycles. The van der Waals surface area contributed by atoms with Crippen LogP contribution in [0, 0.1) is 11.6 Å². The van der Waals surface area contributed by atoms with Crippen molar-refractivity contribution in [1.29, 1.82) is 0 Å². The highest BCUT2D eigenvalue weighted by molar-refractivity contribution is 6.17. The predicted molar refractivity (Wildman–Crippen MR) is 98.4 cm³/mol. The van der Waals surface area contributed by atoms with Gasteiger partial charge in [0.25, 0.3) is 0 Å². The minimum atomic E-state index is -4.71. The van der Waals surface area contributed by atoms with E-state index >= 15 is 0 Å². The summed E-state index contributed by atoms with van der Waals surface area (Å²) in [5.41, 5.74) is 5.41. The van der Waals surface area contributed by atoms with Gasteiger partial charge in [-0.3, -0.25) is 4.79 Å². The van der Waals surface area contributed by atoms with Gasteiger partial charge in [-0.05, 0) is 54.1 Å². The third-order valence-electron chi connectivity index (χ3n) is 4.74. The van der Waals surface area contributed by atoms with Gasteiger partial charge in [-0.1, -0.05) is 6.07 Å². The van der Waals surface area contributed by atoms with Gasteiger partial charge in [0.15, 0.2) is 0 Å². The molecule has 1 amide bonds. The second kappa shape index (κ2) is 6.58. The number of alkyl halides is 3. The lowest BCUT2D eigenvalue weighted by molar-refractivity contribution is -0.137. The largest absolute Gasteiger partial charge is 0.416 e. The summed E-state index contributed by atoms with van der Waals surface area (Å²) in [6.07, 6.45) is -4.71. The van der Waals surface area contributed by atoms with Crippen LogP contribution in [0.4, 0.5) is 22.0 Å². The Morgan fingerprint density at radius 3 is 2.38 bits per heavy atom. The van der Waals surface area contributed by atoms with Crippen LogP contribution in [-0.2, 0) is 12.7 Å².